The third-order valence-electron chi connectivity index (χ3n) is 2.69. The van der Waals surface area contributed by atoms with Crippen molar-refractivity contribution >= 4 is 17.8 Å². The lowest BCUT2D eigenvalue weighted by molar-refractivity contribution is 0.358. The van der Waals surface area contributed by atoms with Gasteiger partial charge in [-0.15, -0.1) is 0 Å². The summed E-state index contributed by atoms with van der Waals surface area (Å²) in [5, 5.41) is 3.25. The molecule has 0 bridgehead atoms. The van der Waals surface area contributed by atoms with Crippen molar-refractivity contribution in [2.45, 2.75) is 33.7 Å². The molecular weight excluding hydrogens is 216 g/mol. The van der Waals surface area contributed by atoms with Gasteiger partial charge in [0.05, 0.1) is 0 Å². The van der Waals surface area contributed by atoms with Crippen LogP contribution >= 0.6 is 0 Å². The van der Waals surface area contributed by atoms with Gasteiger partial charge in [0.15, 0.2) is 0 Å². The van der Waals surface area contributed by atoms with Gasteiger partial charge in [0.25, 0.3) is 0 Å². The molecule has 1 unspecified atom stereocenters. The molecule has 1 aromatic heterocycles. The second-order valence-electron chi connectivity index (χ2n) is 5.44. The molecule has 0 spiro atoms. The summed E-state index contributed by atoms with van der Waals surface area (Å²) < 4.78 is 0. The molecule has 0 saturated heterocycles. The quantitative estimate of drug-likeness (QED) is 0.827. The molecule has 6 heteroatoms. The van der Waals surface area contributed by atoms with E-state index < -0.39 is 0 Å². The van der Waals surface area contributed by atoms with Crippen molar-refractivity contribution in [3.63, 3.8) is 0 Å². The number of hydrogen-bond donors (Lipinski definition) is 2. The summed E-state index contributed by atoms with van der Waals surface area (Å²) in [4.78, 5) is 14.2. The highest BCUT2D eigenvalue weighted by Gasteiger charge is 2.21. The Balaban J connectivity index is 2.92. The molecule has 0 saturated carbocycles. The number of rotatable bonds is 3. The van der Waals surface area contributed by atoms with E-state index in [2.05, 4.69) is 48.0 Å². The maximum Gasteiger partial charge on any atom is 0.231 e. The minimum atomic E-state index is 0.125. The van der Waals surface area contributed by atoms with Crippen LogP contribution in [0.2, 0.25) is 0 Å². The van der Waals surface area contributed by atoms with Crippen LogP contribution in [-0.2, 0) is 0 Å². The number of aromatic nitrogens is 3. The van der Waals surface area contributed by atoms with Gasteiger partial charge < -0.3 is 16.0 Å². The van der Waals surface area contributed by atoms with Gasteiger partial charge in [-0.05, 0) is 12.3 Å². The fourth-order valence-electron chi connectivity index (χ4n) is 1.06. The van der Waals surface area contributed by atoms with E-state index in [1.165, 1.54) is 0 Å². The molecule has 17 heavy (non-hydrogen) atoms. The van der Waals surface area contributed by atoms with E-state index in [0.29, 0.717) is 11.9 Å². The number of nitrogen functional groups attached to an aromatic ring is 1. The Bertz CT molecular complexity index is 382. The van der Waals surface area contributed by atoms with Crippen molar-refractivity contribution in [2.75, 3.05) is 30.0 Å². The van der Waals surface area contributed by atoms with Crippen LogP contribution in [-0.4, -0.2) is 35.1 Å². The van der Waals surface area contributed by atoms with Crippen LogP contribution in [0.5, 0.6) is 0 Å². The van der Waals surface area contributed by atoms with Crippen LogP contribution < -0.4 is 16.0 Å². The van der Waals surface area contributed by atoms with Crippen molar-refractivity contribution in [1.82, 2.24) is 15.0 Å². The highest BCUT2D eigenvalue weighted by molar-refractivity contribution is 5.41. The van der Waals surface area contributed by atoms with E-state index in [4.69, 9.17) is 5.73 Å². The second-order valence-corrected chi connectivity index (χ2v) is 5.44. The summed E-state index contributed by atoms with van der Waals surface area (Å²) in [6.45, 7) is 8.56. The van der Waals surface area contributed by atoms with E-state index in [1.54, 1.807) is 4.90 Å². The van der Waals surface area contributed by atoms with Crippen molar-refractivity contribution in [2.24, 2.45) is 5.41 Å². The first kappa shape index (κ1) is 13.5. The molecule has 1 atom stereocenters. The summed E-state index contributed by atoms with van der Waals surface area (Å²) in [6.07, 6.45) is 0. The zero-order valence-electron chi connectivity index (χ0n) is 11.4. The SMILES string of the molecule is CC(Nc1nc(N)nc(N(C)C)n1)C(C)(C)C. The van der Waals surface area contributed by atoms with Gasteiger partial charge in [-0.25, -0.2) is 0 Å². The van der Waals surface area contributed by atoms with Crippen molar-refractivity contribution in [3.8, 4) is 0 Å². The first-order valence-corrected chi connectivity index (χ1v) is 5.65. The average molecular weight is 238 g/mol. The van der Waals surface area contributed by atoms with Crippen LogP contribution in [0.15, 0.2) is 0 Å². The zero-order valence-corrected chi connectivity index (χ0v) is 11.4. The number of nitrogens with one attached hydrogen (secondary N) is 1. The Morgan fingerprint density at radius 2 is 1.76 bits per heavy atom. The molecule has 3 N–H and O–H groups in total. The molecule has 96 valence electrons. The Morgan fingerprint density at radius 3 is 2.24 bits per heavy atom. The minimum Gasteiger partial charge on any atom is -0.368 e. The molecule has 0 aliphatic rings. The molecule has 0 aromatic carbocycles. The molecule has 0 fully saturated rings. The van der Waals surface area contributed by atoms with Gasteiger partial charge in [-0.2, -0.15) is 15.0 Å². The number of anilines is 3. The van der Waals surface area contributed by atoms with E-state index >= 15 is 0 Å². The molecular formula is C11H22N6. The summed E-state index contributed by atoms with van der Waals surface area (Å²) >= 11 is 0. The summed E-state index contributed by atoms with van der Waals surface area (Å²) in [5.74, 6) is 1.30. The molecule has 0 amide bonds. The van der Waals surface area contributed by atoms with Gasteiger partial charge in [0.1, 0.15) is 0 Å². The summed E-state index contributed by atoms with van der Waals surface area (Å²) in [7, 11) is 3.73. The van der Waals surface area contributed by atoms with E-state index in [9.17, 15) is 0 Å². The monoisotopic (exact) mass is 238 g/mol. The van der Waals surface area contributed by atoms with E-state index in [0.717, 1.165) is 0 Å². The topological polar surface area (TPSA) is 80.0 Å². The van der Waals surface area contributed by atoms with E-state index in [-0.39, 0.29) is 17.4 Å². The molecule has 0 aliphatic heterocycles. The van der Waals surface area contributed by atoms with Crippen LogP contribution in [0, 0.1) is 5.41 Å². The highest BCUT2D eigenvalue weighted by atomic mass is 15.3. The number of hydrogen-bond acceptors (Lipinski definition) is 6. The maximum absolute atomic E-state index is 5.65. The Labute approximate surface area is 103 Å². The van der Waals surface area contributed by atoms with Crippen molar-refractivity contribution in [3.05, 3.63) is 0 Å². The molecule has 0 aliphatic carbocycles. The van der Waals surface area contributed by atoms with Crippen LogP contribution in [0.4, 0.5) is 17.8 Å². The zero-order chi connectivity index (χ0) is 13.2. The van der Waals surface area contributed by atoms with Crippen LogP contribution in [0.25, 0.3) is 0 Å². The summed E-state index contributed by atoms with van der Waals surface area (Å²) in [6, 6.07) is 0.235. The van der Waals surface area contributed by atoms with Crippen molar-refractivity contribution < 1.29 is 0 Å². The van der Waals surface area contributed by atoms with Gasteiger partial charge in [0.2, 0.25) is 17.8 Å². The first-order valence-electron chi connectivity index (χ1n) is 5.65. The third kappa shape index (κ3) is 3.72. The summed E-state index contributed by atoms with van der Waals surface area (Å²) in [5.41, 5.74) is 5.78. The van der Waals surface area contributed by atoms with E-state index in [1.807, 2.05) is 14.1 Å². The minimum absolute atomic E-state index is 0.125. The lowest BCUT2D eigenvalue weighted by Crippen LogP contribution is -2.32. The largest absolute Gasteiger partial charge is 0.368 e. The molecule has 1 rings (SSSR count). The fraction of sp³-hybridized carbons (Fsp3) is 0.727. The van der Waals surface area contributed by atoms with Gasteiger partial charge in [-0.1, -0.05) is 20.8 Å². The third-order valence-corrected chi connectivity index (χ3v) is 2.69. The fourth-order valence-corrected chi connectivity index (χ4v) is 1.06. The smallest absolute Gasteiger partial charge is 0.231 e. The normalized spacial score (nSPS) is 13.3. The highest BCUT2D eigenvalue weighted by Crippen LogP contribution is 2.22. The Kier molecular flexibility index (Phi) is 3.75. The predicted molar refractivity (Wildman–Crippen MR) is 71.1 cm³/mol. The van der Waals surface area contributed by atoms with Crippen LogP contribution in [0.3, 0.4) is 0 Å². The average Bonchev–Trinajstić information content (AvgIpc) is 2.14. The van der Waals surface area contributed by atoms with Gasteiger partial charge >= 0.3 is 0 Å². The Morgan fingerprint density at radius 1 is 1.18 bits per heavy atom. The van der Waals surface area contributed by atoms with Gasteiger partial charge in [-0.3, -0.25) is 0 Å². The Hall–Kier alpha value is -1.59. The maximum atomic E-state index is 5.65. The number of nitrogens with zero attached hydrogens (tertiary/aromatic N) is 4. The molecule has 6 nitrogen and oxygen atoms in total. The predicted octanol–water partition coefficient (Wildman–Crippen LogP) is 1.37. The standard InChI is InChI=1S/C11H22N6/c1-7(11(2,3)4)13-9-14-8(12)15-10(16-9)17(5)6/h7H,1-6H3,(H3,12,13,14,15,16). The molecule has 1 aromatic rings. The van der Waals surface area contributed by atoms with Crippen LogP contribution in [0.1, 0.15) is 27.7 Å². The first-order chi connectivity index (χ1) is 7.70. The number of nitrogens with two attached hydrogens (primary N) is 1. The molecule has 0 radical (unpaired) electrons. The van der Waals surface area contributed by atoms with Gasteiger partial charge in [0, 0.05) is 20.1 Å². The molecule has 1 heterocycles. The second kappa shape index (κ2) is 4.73. The lowest BCUT2D eigenvalue weighted by atomic mass is 9.88. The lowest BCUT2D eigenvalue weighted by Gasteiger charge is -2.28. The van der Waals surface area contributed by atoms with Crippen molar-refractivity contribution in [1.29, 1.82) is 0 Å².